The van der Waals surface area contributed by atoms with Crippen LogP contribution in [0.15, 0.2) is 23.5 Å². The molecular formula is C9H16N2. The Morgan fingerprint density at radius 3 is 2.45 bits per heavy atom. The summed E-state index contributed by atoms with van der Waals surface area (Å²) in [5.41, 5.74) is 2.49. The lowest BCUT2D eigenvalue weighted by atomic mass is 10.1. The lowest BCUT2D eigenvalue weighted by molar-refractivity contribution is 0.790. The van der Waals surface area contributed by atoms with Crippen LogP contribution >= 0.6 is 0 Å². The summed E-state index contributed by atoms with van der Waals surface area (Å²) < 4.78 is 0. The van der Waals surface area contributed by atoms with Crippen molar-refractivity contribution in [2.24, 2.45) is 0 Å². The molecule has 0 atom stereocenters. The Hall–Kier alpha value is -0.920. The normalized spacial score (nSPS) is 16.9. The predicted octanol–water partition coefficient (Wildman–Crippen LogP) is 1.38. The van der Waals surface area contributed by atoms with E-state index in [4.69, 9.17) is 0 Å². The van der Waals surface area contributed by atoms with Crippen LogP contribution < -0.4 is 10.6 Å². The zero-order valence-corrected chi connectivity index (χ0v) is 7.28. The number of rotatable bonds is 3. The molecule has 0 saturated carbocycles. The Morgan fingerprint density at radius 2 is 1.91 bits per heavy atom. The molecule has 2 heteroatoms. The van der Waals surface area contributed by atoms with E-state index in [-0.39, 0.29) is 0 Å². The van der Waals surface area contributed by atoms with Crippen LogP contribution in [-0.2, 0) is 0 Å². The van der Waals surface area contributed by atoms with Crippen LogP contribution in [-0.4, -0.2) is 13.6 Å². The summed E-state index contributed by atoms with van der Waals surface area (Å²) >= 11 is 0. The van der Waals surface area contributed by atoms with Gasteiger partial charge in [0.15, 0.2) is 0 Å². The monoisotopic (exact) mass is 152 g/mol. The molecule has 0 aromatic heterocycles. The third-order valence-corrected chi connectivity index (χ3v) is 1.79. The second kappa shape index (κ2) is 4.06. The van der Waals surface area contributed by atoms with Crippen LogP contribution in [0.3, 0.4) is 0 Å². The maximum atomic E-state index is 3.32. The van der Waals surface area contributed by atoms with Gasteiger partial charge in [-0.25, -0.2) is 0 Å². The first kappa shape index (κ1) is 8.18. The van der Waals surface area contributed by atoms with Gasteiger partial charge in [0.1, 0.15) is 0 Å². The third-order valence-electron chi connectivity index (χ3n) is 1.79. The molecule has 1 aliphatic carbocycles. The molecule has 1 rings (SSSR count). The van der Waals surface area contributed by atoms with E-state index < -0.39 is 0 Å². The Kier molecular flexibility index (Phi) is 3.02. The number of allylic oxidation sites excluding steroid dienone is 2. The van der Waals surface area contributed by atoms with Gasteiger partial charge in [-0.05, 0) is 19.8 Å². The standard InChI is InChI=1S/C9H16N2/c1-3-11-9-7-5-4-6-8(9)10-2/h6-7,10-11H,3-5H2,1-2H3. The van der Waals surface area contributed by atoms with Crippen LogP contribution in [0.1, 0.15) is 19.8 Å². The molecule has 11 heavy (non-hydrogen) atoms. The summed E-state index contributed by atoms with van der Waals surface area (Å²) in [5, 5.41) is 6.48. The minimum absolute atomic E-state index is 0.991. The highest BCUT2D eigenvalue weighted by atomic mass is 15.0. The zero-order chi connectivity index (χ0) is 8.10. The van der Waals surface area contributed by atoms with Crippen LogP contribution in [0.5, 0.6) is 0 Å². The van der Waals surface area contributed by atoms with Crippen molar-refractivity contribution in [1.29, 1.82) is 0 Å². The predicted molar refractivity (Wildman–Crippen MR) is 48.1 cm³/mol. The Balaban J connectivity index is 2.59. The molecule has 0 heterocycles. The lowest BCUT2D eigenvalue weighted by Crippen LogP contribution is -2.22. The van der Waals surface area contributed by atoms with Gasteiger partial charge in [0, 0.05) is 13.6 Å². The molecule has 0 aromatic carbocycles. The van der Waals surface area contributed by atoms with E-state index in [1.807, 2.05) is 7.05 Å². The zero-order valence-electron chi connectivity index (χ0n) is 7.28. The van der Waals surface area contributed by atoms with Gasteiger partial charge in [0.05, 0.1) is 11.4 Å². The largest absolute Gasteiger partial charge is 0.387 e. The Morgan fingerprint density at radius 1 is 1.27 bits per heavy atom. The molecule has 2 nitrogen and oxygen atoms in total. The van der Waals surface area contributed by atoms with Crippen molar-refractivity contribution in [3.8, 4) is 0 Å². The number of nitrogens with one attached hydrogen (secondary N) is 2. The highest BCUT2D eigenvalue weighted by Crippen LogP contribution is 2.12. The van der Waals surface area contributed by atoms with Crippen molar-refractivity contribution >= 4 is 0 Å². The second-order valence-electron chi connectivity index (χ2n) is 2.59. The van der Waals surface area contributed by atoms with Gasteiger partial charge in [-0.1, -0.05) is 12.2 Å². The topological polar surface area (TPSA) is 24.1 Å². The number of hydrogen-bond donors (Lipinski definition) is 2. The highest BCUT2D eigenvalue weighted by Gasteiger charge is 2.04. The van der Waals surface area contributed by atoms with E-state index in [2.05, 4.69) is 29.7 Å². The molecule has 1 aliphatic rings. The van der Waals surface area contributed by atoms with E-state index in [9.17, 15) is 0 Å². The highest BCUT2D eigenvalue weighted by molar-refractivity contribution is 5.30. The van der Waals surface area contributed by atoms with Crippen molar-refractivity contribution < 1.29 is 0 Å². The van der Waals surface area contributed by atoms with Gasteiger partial charge in [-0.3, -0.25) is 0 Å². The molecule has 0 bridgehead atoms. The number of hydrogen-bond acceptors (Lipinski definition) is 2. The smallest absolute Gasteiger partial charge is 0.0532 e. The van der Waals surface area contributed by atoms with E-state index >= 15 is 0 Å². The summed E-state index contributed by atoms with van der Waals surface area (Å²) in [6, 6.07) is 0. The molecule has 0 aromatic rings. The van der Waals surface area contributed by atoms with Crippen LogP contribution in [0.25, 0.3) is 0 Å². The van der Waals surface area contributed by atoms with E-state index in [1.54, 1.807) is 0 Å². The second-order valence-corrected chi connectivity index (χ2v) is 2.59. The fraction of sp³-hybridized carbons (Fsp3) is 0.556. The van der Waals surface area contributed by atoms with Crippen LogP contribution in [0.2, 0.25) is 0 Å². The molecule has 0 spiro atoms. The van der Waals surface area contributed by atoms with Gasteiger partial charge in [0.25, 0.3) is 0 Å². The van der Waals surface area contributed by atoms with Crippen LogP contribution in [0.4, 0.5) is 0 Å². The Bertz CT molecular complexity index is 180. The average Bonchev–Trinajstić information content (AvgIpc) is 2.06. The first-order valence-corrected chi connectivity index (χ1v) is 4.20. The summed E-state index contributed by atoms with van der Waals surface area (Å²) in [6.07, 6.45) is 6.80. The molecule has 0 radical (unpaired) electrons. The van der Waals surface area contributed by atoms with Gasteiger partial charge in [0.2, 0.25) is 0 Å². The van der Waals surface area contributed by atoms with Gasteiger partial charge < -0.3 is 10.6 Å². The molecular weight excluding hydrogens is 136 g/mol. The molecule has 0 unspecified atom stereocenters. The van der Waals surface area contributed by atoms with Crippen LogP contribution in [0, 0.1) is 0 Å². The summed E-state index contributed by atoms with van der Waals surface area (Å²) in [4.78, 5) is 0. The van der Waals surface area contributed by atoms with E-state index in [1.165, 1.54) is 11.4 Å². The minimum atomic E-state index is 0.991. The maximum absolute atomic E-state index is 3.32. The summed E-state index contributed by atoms with van der Waals surface area (Å²) in [5.74, 6) is 0. The quantitative estimate of drug-likeness (QED) is 0.638. The molecule has 2 N–H and O–H groups in total. The van der Waals surface area contributed by atoms with Gasteiger partial charge in [-0.2, -0.15) is 0 Å². The maximum Gasteiger partial charge on any atom is 0.0532 e. The summed E-state index contributed by atoms with van der Waals surface area (Å²) in [6.45, 7) is 3.10. The van der Waals surface area contributed by atoms with Gasteiger partial charge in [-0.15, -0.1) is 0 Å². The third kappa shape index (κ3) is 2.00. The fourth-order valence-corrected chi connectivity index (χ4v) is 1.27. The molecule has 0 amide bonds. The number of likely N-dealkylation sites (N-methyl/N-ethyl adjacent to an activating group) is 2. The molecule has 0 saturated heterocycles. The fourth-order valence-electron chi connectivity index (χ4n) is 1.27. The molecule has 0 aliphatic heterocycles. The minimum Gasteiger partial charge on any atom is -0.387 e. The lowest BCUT2D eigenvalue weighted by Gasteiger charge is -2.16. The first-order chi connectivity index (χ1) is 5.38. The summed E-state index contributed by atoms with van der Waals surface area (Å²) in [7, 11) is 1.96. The van der Waals surface area contributed by atoms with Gasteiger partial charge >= 0.3 is 0 Å². The van der Waals surface area contributed by atoms with E-state index in [0.29, 0.717) is 0 Å². The van der Waals surface area contributed by atoms with Crippen molar-refractivity contribution in [3.05, 3.63) is 23.5 Å². The average molecular weight is 152 g/mol. The SMILES string of the molecule is CCNC1=CCCC=C1NC. The molecule has 0 fully saturated rings. The Labute approximate surface area is 68.4 Å². The van der Waals surface area contributed by atoms with Crippen molar-refractivity contribution in [3.63, 3.8) is 0 Å². The van der Waals surface area contributed by atoms with Crippen molar-refractivity contribution in [2.45, 2.75) is 19.8 Å². The van der Waals surface area contributed by atoms with Crippen molar-refractivity contribution in [2.75, 3.05) is 13.6 Å². The van der Waals surface area contributed by atoms with Crippen molar-refractivity contribution in [1.82, 2.24) is 10.6 Å². The van der Waals surface area contributed by atoms with E-state index in [0.717, 1.165) is 19.4 Å². The molecule has 62 valence electrons. The first-order valence-electron chi connectivity index (χ1n) is 4.20.